The summed E-state index contributed by atoms with van der Waals surface area (Å²) in [4.78, 5) is 34.4. The fraction of sp³-hybridized carbons (Fsp3) is 0.643. The molecular formula is C14H23NO3. The van der Waals surface area contributed by atoms with Gasteiger partial charge in [0.05, 0.1) is 6.54 Å². The average Bonchev–Trinajstić information content (AvgIpc) is 2.30. The van der Waals surface area contributed by atoms with Crippen molar-refractivity contribution >= 4 is 17.5 Å². The predicted octanol–water partition coefficient (Wildman–Crippen LogP) is 2.03. The van der Waals surface area contributed by atoms with E-state index in [2.05, 4.69) is 11.9 Å². The molecule has 0 saturated heterocycles. The third-order valence-corrected chi connectivity index (χ3v) is 2.68. The van der Waals surface area contributed by atoms with Crippen LogP contribution in [-0.2, 0) is 14.4 Å². The number of allylic oxidation sites excluding steroid dienone is 1. The van der Waals surface area contributed by atoms with E-state index in [0.29, 0.717) is 12.0 Å². The van der Waals surface area contributed by atoms with Gasteiger partial charge in [-0.15, -0.1) is 0 Å². The Morgan fingerprint density at radius 1 is 1.11 bits per heavy atom. The van der Waals surface area contributed by atoms with Crippen LogP contribution in [0.25, 0.3) is 0 Å². The number of Topliss-reactive ketones (excluding diaryl/α,β-unsaturated/α-hetero) is 2. The van der Waals surface area contributed by atoms with Gasteiger partial charge < -0.3 is 5.32 Å². The van der Waals surface area contributed by atoms with Crippen LogP contribution >= 0.6 is 0 Å². The third kappa shape index (κ3) is 6.33. The minimum Gasteiger partial charge on any atom is -0.349 e. The molecule has 4 heteroatoms. The molecule has 0 aromatic carbocycles. The van der Waals surface area contributed by atoms with Crippen molar-refractivity contribution < 1.29 is 14.4 Å². The zero-order chi connectivity index (χ0) is 14.3. The summed E-state index contributed by atoms with van der Waals surface area (Å²) >= 11 is 0. The second-order valence-corrected chi connectivity index (χ2v) is 5.33. The Morgan fingerprint density at radius 2 is 1.67 bits per heavy atom. The van der Waals surface area contributed by atoms with Crippen LogP contribution < -0.4 is 5.32 Å². The molecule has 0 aliphatic carbocycles. The van der Waals surface area contributed by atoms with E-state index in [-0.39, 0.29) is 36.9 Å². The molecule has 0 heterocycles. The minimum atomic E-state index is -0.459. The van der Waals surface area contributed by atoms with Crippen molar-refractivity contribution in [1.29, 1.82) is 0 Å². The Bertz CT molecular complexity index is 351. The zero-order valence-corrected chi connectivity index (χ0v) is 11.8. The topological polar surface area (TPSA) is 63.2 Å². The summed E-state index contributed by atoms with van der Waals surface area (Å²) in [6, 6.07) is 0. The average molecular weight is 253 g/mol. The van der Waals surface area contributed by atoms with Gasteiger partial charge in [-0.25, -0.2) is 0 Å². The number of hydrogen-bond acceptors (Lipinski definition) is 3. The SMILES string of the molecule is C=C(CC)C(=O)CCC(=O)NCC(=O)C(C)(C)C. The monoisotopic (exact) mass is 253 g/mol. The van der Waals surface area contributed by atoms with Crippen LogP contribution in [0.3, 0.4) is 0 Å². The van der Waals surface area contributed by atoms with Crippen molar-refractivity contribution in [3.05, 3.63) is 12.2 Å². The largest absolute Gasteiger partial charge is 0.349 e. The quantitative estimate of drug-likeness (QED) is 0.706. The van der Waals surface area contributed by atoms with Crippen LogP contribution in [0.4, 0.5) is 0 Å². The van der Waals surface area contributed by atoms with Crippen molar-refractivity contribution in [3.8, 4) is 0 Å². The third-order valence-electron chi connectivity index (χ3n) is 2.68. The van der Waals surface area contributed by atoms with E-state index in [1.54, 1.807) is 20.8 Å². The fourth-order valence-corrected chi connectivity index (χ4v) is 1.13. The van der Waals surface area contributed by atoms with Crippen molar-refractivity contribution in [1.82, 2.24) is 5.32 Å². The first-order chi connectivity index (χ1) is 8.18. The van der Waals surface area contributed by atoms with Crippen LogP contribution in [0.1, 0.15) is 47.0 Å². The van der Waals surface area contributed by atoms with Crippen LogP contribution in [-0.4, -0.2) is 24.0 Å². The first-order valence-corrected chi connectivity index (χ1v) is 6.19. The first-order valence-electron chi connectivity index (χ1n) is 6.19. The summed E-state index contributed by atoms with van der Waals surface area (Å²) in [5.74, 6) is -0.389. The molecule has 0 aromatic rings. The lowest BCUT2D eigenvalue weighted by Gasteiger charge is -2.16. The number of rotatable bonds is 7. The van der Waals surface area contributed by atoms with Crippen molar-refractivity contribution in [3.63, 3.8) is 0 Å². The lowest BCUT2D eigenvalue weighted by molar-refractivity contribution is -0.129. The molecule has 4 nitrogen and oxygen atoms in total. The van der Waals surface area contributed by atoms with Gasteiger partial charge >= 0.3 is 0 Å². The highest BCUT2D eigenvalue weighted by atomic mass is 16.2. The first kappa shape index (κ1) is 16.6. The van der Waals surface area contributed by atoms with Gasteiger partial charge in [0, 0.05) is 18.3 Å². The van der Waals surface area contributed by atoms with Gasteiger partial charge in [-0.3, -0.25) is 14.4 Å². The molecule has 0 fully saturated rings. The molecule has 0 saturated carbocycles. The van der Waals surface area contributed by atoms with Gasteiger partial charge in [0.25, 0.3) is 0 Å². The molecule has 0 aromatic heterocycles. The molecule has 0 spiro atoms. The molecule has 0 aliphatic heterocycles. The summed E-state index contributed by atoms with van der Waals surface area (Å²) < 4.78 is 0. The van der Waals surface area contributed by atoms with E-state index in [1.807, 2.05) is 6.92 Å². The molecule has 0 unspecified atom stereocenters. The van der Waals surface area contributed by atoms with Crippen LogP contribution in [0, 0.1) is 5.41 Å². The van der Waals surface area contributed by atoms with E-state index in [9.17, 15) is 14.4 Å². The molecule has 1 amide bonds. The summed E-state index contributed by atoms with van der Waals surface area (Å²) in [6.07, 6.45) is 0.862. The Hall–Kier alpha value is -1.45. The van der Waals surface area contributed by atoms with Crippen molar-refractivity contribution in [2.75, 3.05) is 6.54 Å². The summed E-state index contributed by atoms with van der Waals surface area (Å²) in [5, 5.41) is 2.53. The smallest absolute Gasteiger partial charge is 0.220 e. The van der Waals surface area contributed by atoms with Gasteiger partial charge in [0.15, 0.2) is 11.6 Å². The molecular weight excluding hydrogens is 230 g/mol. The lowest BCUT2D eigenvalue weighted by Crippen LogP contribution is -2.35. The predicted molar refractivity (Wildman–Crippen MR) is 71.1 cm³/mol. The molecule has 0 aliphatic rings. The number of hydrogen-bond donors (Lipinski definition) is 1. The van der Waals surface area contributed by atoms with Gasteiger partial charge in [0.2, 0.25) is 5.91 Å². The summed E-state index contributed by atoms with van der Waals surface area (Å²) in [6.45, 7) is 10.9. The Balaban J connectivity index is 3.97. The molecule has 0 atom stereocenters. The Kier molecular flexibility index (Phi) is 6.52. The highest BCUT2D eigenvalue weighted by Gasteiger charge is 2.21. The maximum absolute atomic E-state index is 11.6. The second-order valence-electron chi connectivity index (χ2n) is 5.33. The van der Waals surface area contributed by atoms with E-state index in [4.69, 9.17) is 0 Å². The van der Waals surface area contributed by atoms with E-state index in [0.717, 1.165) is 0 Å². The van der Waals surface area contributed by atoms with Gasteiger partial charge in [-0.2, -0.15) is 0 Å². The Morgan fingerprint density at radius 3 is 2.11 bits per heavy atom. The summed E-state index contributed by atoms with van der Waals surface area (Å²) in [5.41, 5.74) is 0.0770. The van der Waals surface area contributed by atoms with Crippen LogP contribution in [0.2, 0.25) is 0 Å². The lowest BCUT2D eigenvalue weighted by atomic mass is 9.91. The molecule has 1 N–H and O–H groups in total. The zero-order valence-electron chi connectivity index (χ0n) is 11.8. The molecule has 102 valence electrons. The molecule has 0 bridgehead atoms. The maximum atomic E-state index is 11.6. The number of ketones is 2. The molecule has 0 rings (SSSR count). The molecule has 18 heavy (non-hydrogen) atoms. The van der Waals surface area contributed by atoms with E-state index in [1.165, 1.54) is 0 Å². The van der Waals surface area contributed by atoms with Gasteiger partial charge in [-0.1, -0.05) is 34.3 Å². The fourth-order valence-electron chi connectivity index (χ4n) is 1.13. The highest BCUT2D eigenvalue weighted by Crippen LogP contribution is 2.13. The maximum Gasteiger partial charge on any atom is 0.220 e. The number of carbonyl (C=O) groups excluding carboxylic acids is 3. The van der Waals surface area contributed by atoms with Crippen LogP contribution in [0.15, 0.2) is 12.2 Å². The van der Waals surface area contributed by atoms with Crippen LogP contribution in [0.5, 0.6) is 0 Å². The van der Waals surface area contributed by atoms with Gasteiger partial charge in [0.1, 0.15) is 0 Å². The highest BCUT2D eigenvalue weighted by molar-refractivity contribution is 5.97. The number of amides is 1. The normalized spacial score (nSPS) is 10.9. The van der Waals surface area contributed by atoms with E-state index < -0.39 is 5.41 Å². The Labute approximate surface area is 109 Å². The molecule has 0 radical (unpaired) electrons. The number of nitrogens with one attached hydrogen (secondary N) is 1. The summed E-state index contributed by atoms with van der Waals surface area (Å²) in [7, 11) is 0. The van der Waals surface area contributed by atoms with Gasteiger partial charge in [-0.05, 0) is 12.0 Å². The van der Waals surface area contributed by atoms with E-state index >= 15 is 0 Å². The standard InChI is InChI=1S/C14H23NO3/c1-6-10(2)11(16)7-8-13(18)15-9-12(17)14(3,4)5/h2,6-9H2,1,3-5H3,(H,15,18). The van der Waals surface area contributed by atoms with Crippen molar-refractivity contribution in [2.45, 2.75) is 47.0 Å². The number of carbonyl (C=O) groups is 3. The second kappa shape index (κ2) is 7.09. The minimum absolute atomic E-state index is 0.0191. The van der Waals surface area contributed by atoms with Crippen molar-refractivity contribution in [2.24, 2.45) is 5.41 Å².